The van der Waals surface area contributed by atoms with Crippen LogP contribution in [0.3, 0.4) is 0 Å². The first-order valence-corrected chi connectivity index (χ1v) is 21.6. The number of aromatic nitrogens is 2. The van der Waals surface area contributed by atoms with Gasteiger partial charge in [-0.25, -0.2) is 4.98 Å². The summed E-state index contributed by atoms with van der Waals surface area (Å²) in [5.41, 5.74) is 10.8. The van der Waals surface area contributed by atoms with Crippen LogP contribution in [-0.4, -0.2) is 22.6 Å². The van der Waals surface area contributed by atoms with E-state index in [4.69, 9.17) is 9.92 Å². The van der Waals surface area contributed by atoms with Crippen molar-refractivity contribution in [1.29, 1.82) is 0 Å². The van der Waals surface area contributed by atoms with Gasteiger partial charge in [0.25, 0.3) is 0 Å². The largest absolute Gasteiger partial charge is 0.319 e. The van der Waals surface area contributed by atoms with Gasteiger partial charge in [-0.1, -0.05) is 127 Å². The maximum atomic E-state index is 5.09. The molecule has 2 aromatic heterocycles. The number of anilines is 4. The van der Waals surface area contributed by atoms with E-state index < -0.39 is 8.07 Å². The molecule has 0 unspecified atom stereocenters. The van der Waals surface area contributed by atoms with E-state index in [2.05, 4.69) is 188 Å². The fourth-order valence-electron chi connectivity index (χ4n) is 7.84. The van der Waals surface area contributed by atoms with Crippen LogP contribution in [0.5, 0.6) is 0 Å². The molecule has 7 aromatic carbocycles. The Morgan fingerprint density at radius 1 is 0.536 bits per heavy atom. The van der Waals surface area contributed by atoms with Crippen molar-refractivity contribution in [2.24, 2.45) is 0 Å². The minimum absolute atomic E-state index is 0. The van der Waals surface area contributed by atoms with Crippen molar-refractivity contribution < 1.29 is 26.0 Å². The van der Waals surface area contributed by atoms with Crippen LogP contribution in [0, 0.1) is 12.1 Å². The smallest absolute Gasteiger partial charge is 0.148 e. The zero-order valence-electron chi connectivity index (χ0n) is 30.9. The molecule has 0 bridgehead atoms. The molecule has 56 heavy (non-hydrogen) atoms. The zero-order valence-corrected chi connectivity index (χ0v) is 34.1. The molecule has 7 heteroatoms. The van der Waals surface area contributed by atoms with Gasteiger partial charge in [-0.15, -0.1) is 16.5 Å². The predicted octanol–water partition coefficient (Wildman–Crippen LogP) is 11.1. The molecule has 0 radical (unpaired) electrons. The third-order valence-corrected chi connectivity index (χ3v) is 14.0. The van der Waals surface area contributed by atoms with Crippen molar-refractivity contribution in [3.63, 3.8) is 0 Å². The van der Waals surface area contributed by atoms with E-state index in [1.807, 2.05) is 34.5 Å². The Bertz CT molecular complexity index is 2860. The Kier molecular flexibility index (Phi) is 9.26. The minimum atomic E-state index is -2.34. The fourth-order valence-corrected chi connectivity index (χ4v) is 10.0. The van der Waals surface area contributed by atoms with Crippen molar-refractivity contribution in [2.45, 2.75) is 13.1 Å². The summed E-state index contributed by atoms with van der Waals surface area (Å²) < 4.78 is 2.28. The van der Waals surface area contributed by atoms with Gasteiger partial charge in [-0.3, -0.25) is 0 Å². The Hall–Kier alpha value is -6.04. The molecule has 274 valence electrons. The van der Waals surface area contributed by atoms with Gasteiger partial charge in [0.1, 0.15) is 22.9 Å². The summed E-state index contributed by atoms with van der Waals surface area (Å²) >= 11 is 0. The Balaban J connectivity index is 0.00000410. The van der Waals surface area contributed by atoms with E-state index in [0.717, 1.165) is 50.6 Å². The predicted molar refractivity (Wildman–Crippen MR) is 229 cm³/mol. The van der Waals surface area contributed by atoms with Crippen LogP contribution in [0.25, 0.3) is 49.9 Å². The van der Waals surface area contributed by atoms with Crippen LogP contribution < -0.4 is 20.5 Å². The van der Waals surface area contributed by atoms with Crippen LogP contribution in [-0.2, 0) is 21.1 Å². The Morgan fingerprint density at radius 2 is 1.18 bits per heavy atom. The van der Waals surface area contributed by atoms with Gasteiger partial charge in [0, 0.05) is 38.5 Å². The van der Waals surface area contributed by atoms with E-state index in [9.17, 15) is 0 Å². The molecular formula is C49H37N4OPtSi-. The minimum Gasteiger partial charge on any atom is -0.319 e. The first-order valence-electron chi connectivity index (χ1n) is 18.6. The number of pyridine rings is 1. The quantitative estimate of drug-likeness (QED) is 0.0908. The molecular weight excluding hydrogens is 884 g/mol. The summed E-state index contributed by atoms with van der Waals surface area (Å²) in [5, 5.41) is 8.74. The van der Waals surface area contributed by atoms with E-state index in [-0.39, 0.29) is 21.1 Å². The molecule has 9 aromatic rings. The van der Waals surface area contributed by atoms with Crippen molar-refractivity contribution in [3.05, 3.63) is 194 Å². The van der Waals surface area contributed by atoms with E-state index in [0.29, 0.717) is 0 Å². The van der Waals surface area contributed by atoms with Gasteiger partial charge in [0.2, 0.25) is 0 Å². The van der Waals surface area contributed by atoms with Crippen LogP contribution in [0.4, 0.5) is 22.7 Å². The summed E-state index contributed by atoms with van der Waals surface area (Å²) in [7, 11) is -2.34. The molecule has 0 amide bonds. The van der Waals surface area contributed by atoms with Gasteiger partial charge in [0.05, 0.1) is 8.07 Å². The van der Waals surface area contributed by atoms with Crippen LogP contribution in [0.15, 0.2) is 182 Å². The van der Waals surface area contributed by atoms with Crippen LogP contribution >= 0.6 is 0 Å². The second kappa shape index (κ2) is 14.6. The summed E-state index contributed by atoms with van der Waals surface area (Å²) in [6.07, 6.45) is 1.93. The first kappa shape index (κ1) is 35.6. The average molecular weight is 921 g/mol. The summed E-state index contributed by atoms with van der Waals surface area (Å²) in [6.45, 7) is 4.77. The van der Waals surface area contributed by atoms with Gasteiger partial charge in [-0.05, 0) is 70.1 Å². The summed E-state index contributed by atoms with van der Waals surface area (Å²) in [6, 6.07) is 69.6. The van der Waals surface area contributed by atoms with Crippen molar-refractivity contribution in [2.75, 3.05) is 10.1 Å². The van der Waals surface area contributed by atoms with E-state index in [1.165, 1.54) is 32.5 Å². The van der Waals surface area contributed by atoms with Gasteiger partial charge >= 0.3 is 0 Å². The molecule has 1 aliphatic rings. The number of hydrogen-bond acceptors (Lipinski definition) is 3. The van der Waals surface area contributed by atoms with Crippen LogP contribution in [0.1, 0.15) is 0 Å². The number of hydrogen-bond donors (Lipinski definition) is 0. The summed E-state index contributed by atoms with van der Waals surface area (Å²) in [4.78, 5) is 10.1. The Morgan fingerprint density at radius 3 is 1.96 bits per heavy atom. The molecule has 0 atom stereocenters. The molecule has 0 fully saturated rings. The Labute approximate surface area is 342 Å². The number of benzene rings is 7. The second-order valence-electron chi connectivity index (χ2n) is 14.4. The topological polar surface area (TPSA) is 37.1 Å². The number of fused-ring (bicyclic) bond motifs is 4. The molecule has 0 saturated heterocycles. The fraction of sp³-hybridized carbons (Fsp3) is 0.0408. The van der Waals surface area contributed by atoms with Crippen molar-refractivity contribution >= 4 is 63.0 Å². The van der Waals surface area contributed by atoms with Gasteiger partial charge in [0.15, 0.2) is 0 Å². The SMILES string of the molecule is C[Si](C)(c1[c-]c(N2[OH+]N(c3ccccc3)c3ccccc32)ccc1)c1[c-]c2c(cc1)c1ccccc1n2-c1cc(-c2ccccc2-c2ccccc2)ccn1.[Pt]. The number of para-hydroxylation sites is 4. The molecule has 10 rings (SSSR count). The normalized spacial score (nSPS) is 12.5. The third kappa shape index (κ3) is 6.07. The standard InChI is InChI=1S/C49H36N4OSi.Pt/c1-55(2,39-21-15-20-38(33-39)53-47-27-14-13-26-46(47)52(54-53)37-18-7-4-8-19-37)40-28-29-44-43-24-11-12-25-45(43)51(48(44)34-40)49-32-36(30-31-50-49)42-23-10-9-22-41(42)35-16-5-3-6-17-35;/h3-32H,1-2H3;/q-2;/p+1. The second-order valence-corrected chi connectivity index (χ2v) is 18.7. The molecule has 1 aliphatic heterocycles. The number of rotatable bonds is 7. The van der Waals surface area contributed by atoms with Crippen molar-refractivity contribution in [3.8, 4) is 28.1 Å². The van der Waals surface area contributed by atoms with Gasteiger partial charge in [-0.2, -0.15) is 51.7 Å². The molecule has 5 nitrogen and oxygen atoms in total. The van der Waals surface area contributed by atoms with Crippen LogP contribution in [0.2, 0.25) is 13.1 Å². The molecule has 1 N–H and O–H groups in total. The van der Waals surface area contributed by atoms with Gasteiger partial charge < -0.3 is 4.57 Å². The van der Waals surface area contributed by atoms with E-state index >= 15 is 0 Å². The first-order chi connectivity index (χ1) is 27.0. The molecule has 0 spiro atoms. The summed E-state index contributed by atoms with van der Waals surface area (Å²) in [5.74, 6) is 0.866. The molecule has 0 aliphatic carbocycles. The maximum Gasteiger partial charge on any atom is 0.148 e. The third-order valence-electron chi connectivity index (χ3n) is 10.8. The zero-order chi connectivity index (χ0) is 36.9. The maximum absolute atomic E-state index is 5.09. The molecule has 3 heterocycles. The average Bonchev–Trinajstić information content (AvgIpc) is 3.81. The molecule has 0 saturated carbocycles. The van der Waals surface area contributed by atoms with Crippen molar-refractivity contribution in [1.82, 2.24) is 9.55 Å². The number of nitrogens with zero attached hydrogens (tertiary/aromatic N) is 4. The monoisotopic (exact) mass is 920 g/mol. The van der Waals surface area contributed by atoms with E-state index in [1.54, 1.807) is 0 Å².